The maximum Gasteiger partial charge on any atom is 0.189 e. The van der Waals surface area contributed by atoms with E-state index in [1.54, 1.807) is 0 Å². The second kappa shape index (κ2) is 8.68. The predicted octanol–water partition coefficient (Wildman–Crippen LogP) is 2.25. The first-order chi connectivity index (χ1) is 7.26. The Hall–Kier alpha value is -0.440. The topological polar surface area (TPSA) is 50.4 Å². The van der Waals surface area contributed by atoms with Gasteiger partial charge in [0.15, 0.2) is 5.96 Å². The third-order valence-corrected chi connectivity index (χ3v) is 2.83. The van der Waals surface area contributed by atoms with Gasteiger partial charge >= 0.3 is 0 Å². The van der Waals surface area contributed by atoms with Crippen molar-refractivity contribution in [3.05, 3.63) is 0 Å². The molecule has 3 N–H and O–H groups in total. The number of nitrogens with one attached hydrogen (secondary N) is 1. The molecule has 3 nitrogen and oxygen atoms in total. The number of hydrogen-bond donors (Lipinski definition) is 2. The Bertz CT molecular complexity index is 251. The Morgan fingerprint density at radius 1 is 1.50 bits per heavy atom. The van der Waals surface area contributed by atoms with E-state index in [1.165, 1.54) is 19.3 Å². The van der Waals surface area contributed by atoms with Crippen molar-refractivity contribution in [1.29, 1.82) is 0 Å². The molecule has 1 atom stereocenters. The van der Waals surface area contributed by atoms with Crippen molar-refractivity contribution in [3.8, 4) is 12.3 Å². The number of rotatable bonds is 3. The number of nitrogens with zero attached hydrogens (tertiary/aromatic N) is 1. The van der Waals surface area contributed by atoms with Crippen LogP contribution in [0.25, 0.3) is 0 Å². The molecule has 1 aliphatic rings. The van der Waals surface area contributed by atoms with Gasteiger partial charge in [0.1, 0.15) is 0 Å². The number of guanidine groups is 1. The van der Waals surface area contributed by atoms with Crippen LogP contribution in [0.5, 0.6) is 0 Å². The molecule has 0 heterocycles. The van der Waals surface area contributed by atoms with Gasteiger partial charge in [0.2, 0.25) is 0 Å². The lowest BCUT2D eigenvalue weighted by Crippen LogP contribution is -2.40. The summed E-state index contributed by atoms with van der Waals surface area (Å²) in [7, 11) is 0. The average molecular weight is 335 g/mol. The first-order valence-corrected chi connectivity index (χ1v) is 5.82. The van der Waals surface area contributed by atoms with Crippen LogP contribution in [0.3, 0.4) is 0 Å². The highest BCUT2D eigenvalue weighted by molar-refractivity contribution is 14.0. The van der Waals surface area contributed by atoms with Crippen LogP contribution < -0.4 is 11.1 Å². The Morgan fingerprint density at radius 2 is 2.12 bits per heavy atom. The maximum atomic E-state index is 5.80. The van der Waals surface area contributed by atoms with Crippen LogP contribution in [0.4, 0.5) is 0 Å². The Morgan fingerprint density at radius 3 is 2.62 bits per heavy atom. The lowest BCUT2D eigenvalue weighted by atomic mass is 9.96. The fourth-order valence-electron chi connectivity index (χ4n) is 1.88. The first-order valence-electron chi connectivity index (χ1n) is 5.82. The molecule has 92 valence electrons. The van der Waals surface area contributed by atoms with Crippen LogP contribution in [0, 0.1) is 12.3 Å². The van der Waals surface area contributed by atoms with Crippen molar-refractivity contribution in [2.75, 3.05) is 0 Å². The van der Waals surface area contributed by atoms with Gasteiger partial charge in [-0.2, -0.15) is 0 Å². The van der Waals surface area contributed by atoms with E-state index in [9.17, 15) is 0 Å². The van der Waals surface area contributed by atoms with Gasteiger partial charge in [-0.25, -0.2) is 0 Å². The van der Waals surface area contributed by atoms with E-state index in [2.05, 4.69) is 16.2 Å². The molecular formula is C12H22IN3. The fourth-order valence-corrected chi connectivity index (χ4v) is 1.88. The van der Waals surface area contributed by atoms with Crippen LogP contribution in [0.1, 0.15) is 45.4 Å². The molecule has 0 amide bonds. The zero-order valence-corrected chi connectivity index (χ0v) is 12.2. The summed E-state index contributed by atoms with van der Waals surface area (Å²) in [5, 5.41) is 3.06. The highest BCUT2D eigenvalue weighted by atomic mass is 127. The molecule has 1 unspecified atom stereocenters. The van der Waals surface area contributed by atoms with Gasteiger partial charge in [0.05, 0.1) is 12.1 Å². The fraction of sp³-hybridized carbons (Fsp3) is 0.750. The normalized spacial score (nSPS) is 19.4. The minimum Gasteiger partial charge on any atom is -0.370 e. The van der Waals surface area contributed by atoms with E-state index < -0.39 is 0 Å². The minimum atomic E-state index is 0. The summed E-state index contributed by atoms with van der Waals surface area (Å²) in [4.78, 5) is 4.46. The third kappa shape index (κ3) is 5.59. The van der Waals surface area contributed by atoms with E-state index in [1.807, 2.05) is 6.92 Å². The summed E-state index contributed by atoms with van der Waals surface area (Å²) in [5.41, 5.74) is 5.80. The summed E-state index contributed by atoms with van der Waals surface area (Å²) in [6.07, 6.45) is 12.4. The van der Waals surface area contributed by atoms with Crippen LogP contribution in [0.2, 0.25) is 0 Å². The SMILES string of the molecule is C#CC(CC)NC(N)=NC1CCCCC1.I. The van der Waals surface area contributed by atoms with Gasteiger partial charge in [-0.1, -0.05) is 32.1 Å². The first kappa shape index (κ1) is 15.6. The molecule has 0 aromatic rings. The molecule has 1 rings (SSSR count). The van der Waals surface area contributed by atoms with E-state index in [0.717, 1.165) is 19.3 Å². The number of terminal acetylenes is 1. The second-order valence-electron chi connectivity index (χ2n) is 4.08. The average Bonchev–Trinajstić information content (AvgIpc) is 2.27. The highest BCUT2D eigenvalue weighted by Crippen LogP contribution is 2.19. The van der Waals surface area contributed by atoms with Gasteiger partial charge in [0.25, 0.3) is 0 Å². The molecule has 0 bridgehead atoms. The zero-order valence-electron chi connectivity index (χ0n) is 9.91. The van der Waals surface area contributed by atoms with Gasteiger partial charge in [0, 0.05) is 0 Å². The van der Waals surface area contributed by atoms with Gasteiger partial charge < -0.3 is 11.1 Å². The van der Waals surface area contributed by atoms with Crippen LogP contribution in [-0.4, -0.2) is 18.0 Å². The van der Waals surface area contributed by atoms with Crippen molar-refractivity contribution >= 4 is 29.9 Å². The van der Waals surface area contributed by atoms with Crippen LogP contribution in [0.15, 0.2) is 4.99 Å². The Balaban J connectivity index is 0.00000225. The van der Waals surface area contributed by atoms with E-state index in [0.29, 0.717) is 12.0 Å². The molecule has 1 aliphatic carbocycles. The summed E-state index contributed by atoms with van der Waals surface area (Å²) >= 11 is 0. The Kier molecular flexibility index (Phi) is 8.44. The standard InChI is InChI=1S/C12H21N3.HI/c1-3-10(4-2)14-12(13)15-11-8-6-5-7-9-11;/h1,10-11H,4-9H2,2H3,(H3,13,14,15);1H. The quantitative estimate of drug-likeness (QED) is 0.360. The smallest absolute Gasteiger partial charge is 0.189 e. The summed E-state index contributed by atoms with van der Waals surface area (Å²) in [5.74, 6) is 3.15. The minimum absolute atomic E-state index is 0. The van der Waals surface area contributed by atoms with Gasteiger partial charge in [-0.3, -0.25) is 4.99 Å². The number of nitrogens with two attached hydrogens (primary N) is 1. The van der Waals surface area contributed by atoms with Crippen molar-refractivity contribution in [3.63, 3.8) is 0 Å². The molecule has 0 saturated heterocycles. The molecule has 0 aromatic carbocycles. The second-order valence-corrected chi connectivity index (χ2v) is 4.08. The van der Waals surface area contributed by atoms with Crippen molar-refractivity contribution in [2.24, 2.45) is 10.7 Å². The third-order valence-electron chi connectivity index (χ3n) is 2.83. The molecule has 16 heavy (non-hydrogen) atoms. The summed E-state index contributed by atoms with van der Waals surface area (Å²) in [6.45, 7) is 2.03. The van der Waals surface area contributed by atoms with Crippen molar-refractivity contribution in [1.82, 2.24) is 5.32 Å². The lowest BCUT2D eigenvalue weighted by Gasteiger charge is -2.19. The van der Waals surface area contributed by atoms with E-state index in [4.69, 9.17) is 12.2 Å². The van der Waals surface area contributed by atoms with Gasteiger partial charge in [-0.05, 0) is 19.3 Å². The predicted molar refractivity (Wildman–Crippen MR) is 80.0 cm³/mol. The summed E-state index contributed by atoms with van der Waals surface area (Å²) in [6, 6.07) is 0.416. The largest absolute Gasteiger partial charge is 0.370 e. The molecule has 0 radical (unpaired) electrons. The number of halogens is 1. The number of hydrogen-bond acceptors (Lipinski definition) is 1. The number of aliphatic imine (C=N–C) groups is 1. The zero-order chi connectivity index (χ0) is 11.1. The van der Waals surface area contributed by atoms with Crippen LogP contribution >= 0.6 is 24.0 Å². The van der Waals surface area contributed by atoms with Gasteiger partial charge in [-0.15, -0.1) is 30.4 Å². The summed E-state index contributed by atoms with van der Waals surface area (Å²) < 4.78 is 0. The molecule has 1 saturated carbocycles. The monoisotopic (exact) mass is 335 g/mol. The molecule has 0 aromatic heterocycles. The Labute approximate surface area is 116 Å². The lowest BCUT2D eigenvalue weighted by molar-refractivity contribution is 0.441. The maximum absolute atomic E-state index is 5.80. The van der Waals surface area contributed by atoms with Crippen LogP contribution in [-0.2, 0) is 0 Å². The molecule has 0 spiro atoms. The van der Waals surface area contributed by atoms with Crippen molar-refractivity contribution < 1.29 is 0 Å². The highest BCUT2D eigenvalue weighted by Gasteiger charge is 2.12. The molecule has 4 heteroatoms. The molecule has 1 fully saturated rings. The van der Waals surface area contributed by atoms with E-state index in [-0.39, 0.29) is 30.0 Å². The van der Waals surface area contributed by atoms with Crippen molar-refractivity contribution in [2.45, 2.75) is 57.5 Å². The van der Waals surface area contributed by atoms with E-state index >= 15 is 0 Å². The molecular weight excluding hydrogens is 313 g/mol. The molecule has 0 aliphatic heterocycles.